The van der Waals surface area contributed by atoms with E-state index >= 15 is 0 Å². The molecule has 27 N–H and O–H groups in total. The van der Waals surface area contributed by atoms with Crippen LogP contribution in [0.2, 0.25) is 0 Å². The number of amides is 5. The molecule has 10 rings (SSSR count). The fourth-order valence-electron chi connectivity index (χ4n) is 11.0. The molecule has 0 aliphatic carbocycles. The lowest BCUT2D eigenvalue weighted by Gasteiger charge is -2.40. The van der Waals surface area contributed by atoms with Gasteiger partial charge >= 0.3 is 0 Å². The minimum atomic E-state index is -1.55. The highest BCUT2D eigenvalue weighted by Crippen LogP contribution is 2.26. The Bertz CT molecular complexity index is 3230. The second-order valence-electron chi connectivity index (χ2n) is 25.7. The van der Waals surface area contributed by atoms with Gasteiger partial charge in [0.15, 0.2) is 31.5 Å². The van der Waals surface area contributed by atoms with Crippen molar-refractivity contribution in [1.29, 1.82) is 0 Å². The van der Waals surface area contributed by atoms with Crippen LogP contribution in [0.25, 0.3) is 0 Å². The number of benzene rings is 5. The van der Waals surface area contributed by atoms with Crippen molar-refractivity contribution in [2.45, 2.75) is 188 Å². The van der Waals surface area contributed by atoms with Crippen molar-refractivity contribution in [3.8, 4) is 0 Å². The predicted molar refractivity (Wildman–Crippen MR) is 366 cm³/mol. The van der Waals surface area contributed by atoms with E-state index in [1.54, 1.807) is 116 Å². The Morgan fingerprint density at radius 2 is 0.453 bits per heavy atom. The zero-order chi connectivity index (χ0) is 78.7. The molecule has 5 heterocycles. The van der Waals surface area contributed by atoms with Crippen molar-refractivity contribution in [2.75, 3.05) is 38.8 Å². The van der Waals surface area contributed by atoms with Crippen LogP contribution in [-0.2, 0) is 23.7 Å². The molecule has 0 radical (unpaired) electrons. The molecule has 36 heteroatoms. The molecule has 36 nitrogen and oxygen atoms in total. The Balaban J connectivity index is 0.000000208. The van der Waals surface area contributed by atoms with Crippen molar-refractivity contribution in [3.05, 3.63) is 171 Å². The maximum Gasteiger partial charge on any atom is 0.251 e. The first-order valence-electron chi connectivity index (χ1n) is 33.3. The SMILES string of the molecule is Cc1ccc(C(=O)N[C@H]2C(O)O[C@H](CO)[C@@H](O)[C@@H]2O)cc1.Cc1ccc(C(=O)N[C@H]2C(O)O[C@H](CO)[C@@H](O)[C@@H]2O)cc1.Cc1ccc(C(=O)N[C@H]2C(O)O[C@H](CO)[C@@H](O)[C@@H]2O)cc1.Cc1ccc(C(=O)N[C@H]2C(O)O[C@H](CO)[C@@H](O)[C@@H]2O)cc1.Cc1ccc(C(=O)N[C@H]2C(O)O[C@H](CO)[C@@H](O)[C@@H]2O)cc1N. The number of nitrogen functional groups attached to an aromatic ring is 1. The first-order valence-corrected chi connectivity index (χ1v) is 33.3. The topological polar surface area (TPSA) is 622 Å². The summed E-state index contributed by atoms with van der Waals surface area (Å²) in [4.78, 5) is 60.4. The number of carbonyl (C=O) groups excluding carboxylic acids is 5. The zero-order valence-corrected chi connectivity index (χ0v) is 58.0. The normalized spacial score (nSPS) is 32.5. The third kappa shape index (κ3) is 22.9. The third-order valence-electron chi connectivity index (χ3n) is 17.8. The molecule has 5 aliphatic heterocycles. The monoisotopic (exact) mass is 1500 g/mol. The molecule has 0 bridgehead atoms. The summed E-state index contributed by atoms with van der Waals surface area (Å²) in [5.74, 6) is -2.59. The Morgan fingerprint density at radius 1 is 0.283 bits per heavy atom. The molecule has 106 heavy (non-hydrogen) atoms. The minimum absolute atomic E-state index is 0.251. The Hall–Kier alpha value is -7.75. The molecule has 5 saturated heterocycles. The number of nitrogens with two attached hydrogens (primary N) is 1. The quantitative estimate of drug-likeness (QED) is 0.0433. The van der Waals surface area contributed by atoms with Crippen molar-refractivity contribution in [3.63, 3.8) is 0 Å². The lowest BCUT2D eigenvalue weighted by atomic mass is 9.96. The number of rotatable bonds is 15. The summed E-state index contributed by atoms with van der Waals surface area (Å²) in [6.45, 7) is 6.58. The molecule has 586 valence electrons. The van der Waals surface area contributed by atoms with Gasteiger partial charge in [0.2, 0.25) is 0 Å². The van der Waals surface area contributed by atoms with Crippen LogP contribution >= 0.6 is 0 Å². The van der Waals surface area contributed by atoms with E-state index in [0.717, 1.165) is 27.8 Å². The van der Waals surface area contributed by atoms with Crippen molar-refractivity contribution in [1.82, 2.24) is 26.6 Å². The smallest absolute Gasteiger partial charge is 0.251 e. The molecule has 0 aromatic heterocycles. The number of hydrogen-bond donors (Lipinski definition) is 26. The molecule has 0 spiro atoms. The molecule has 5 unspecified atom stereocenters. The van der Waals surface area contributed by atoms with Gasteiger partial charge in [-0.3, -0.25) is 24.0 Å². The maximum atomic E-state index is 12.1. The second-order valence-corrected chi connectivity index (χ2v) is 25.7. The number of carbonyl (C=O) groups is 5. The number of hydrogen-bond acceptors (Lipinski definition) is 31. The molecule has 0 saturated carbocycles. The van der Waals surface area contributed by atoms with Crippen molar-refractivity contribution < 1.29 is 150 Å². The highest BCUT2D eigenvalue weighted by Gasteiger charge is 2.49. The van der Waals surface area contributed by atoms with E-state index < -0.39 is 216 Å². The van der Waals surface area contributed by atoms with Crippen LogP contribution in [0.4, 0.5) is 5.69 Å². The Morgan fingerprint density at radius 3 is 0.623 bits per heavy atom. The molecular weight excluding hydrogens is 1400 g/mol. The lowest BCUT2D eigenvalue weighted by Crippen LogP contribution is -2.64. The number of anilines is 1. The largest absolute Gasteiger partial charge is 0.398 e. The fourth-order valence-corrected chi connectivity index (χ4v) is 11.0. The van der Waals surface area contributed by atoms with Gasteiger partial charge in [-0.15, -0.1) is 0 Å². The van der Waals surface area contributed by atoms with Crippen molar-refractivity contribution in [2.24, 2.45) is 0 Å². The number of aliphatic hydroxyl groups excluding tert-OH is 20. The maximum absolute atomic E-state index is 12.1. The summed E-state index contributed by atoms with van der Waals surface area (Å²) in [6.07, 6.45) is -27.4. The standard InChI is InChI=1S/C14H20N2O6.4C14H19NO6/c1-6-2-3-7(4-8(6)15)13(20)16-10-12(19)11(18)9(5-17)22-14(10)21;4*1-7-2-4-8(5-3-7)13(19)15-10-12(18)11(17)9(6-16)21-14(10)20/h2-4,9-12,14,17-19,21H,5,15H2,1H3,(H,16,20);4*2-5,9-12,14,16-18,20H,6H2,1H3,(H,15,19)/t5*9-,10-,11-,12-,14?/m11111/s1. The van der Waals surface area contributed by atoms with Gasteiger partial charge in [-0.1, -0.05) is 76.9 Å². The van der Waals surface area contributed by atoms with Crippen LogP contribution in [0.5, 0.6) is 0 Å². The van der Waals surface area contributed by atoms with Gasteiger partial charge in [-0.25, -0.2) is 0 Å². The van der Waals surface area contributed by atoms with Gasteiger partial charge < -0.3 is 158 Å². The van der Waals surface area contributed by atoms with E-state index in [1.165, 1.54) is 6.07 Å². The van der Waals surface area contributed by atoms with Gasteiger partial charge in [-0.05, 0) is 101 Å². The number of aliphatic hydroxyl groups is 20. The second kappa shape index (κ2) is 40.4. The first-order chi connectivity index (χ1) is 50.1. The number of nitrogens with one attached hydrogen (secondary N) is 5. The van der Waals surface area contributed by atoms with E-state index in [-0.39, 0.29) is 5.56 Å². The molecule has 5 aliphatic rings. The average molecular weight is 1500 g/mol. The molecule has 5 amide bonds. The zero-order valence-electron chi connectivity index (χ0n) is 58.0. The van der Waals surface area contributed by atoms with E-state index in [2.05, 4.69) is 26.6 Å². The van der Waals surface area contributed by atoms with Crippen molar-refractivity contribution >= 4 is 35.2 Å². The minimum Gasteiger partial charge on any atom is -0.398 e. The first kappa shape index (κ1) is 87.2. The van der Waals surface area contributed by atoms with E-state index in [4.69, 9.17) is 55.0 Å². The van der Waals surface area contributed by atoms with Gasteiger partial charge in [0.1, 0.15) is 122 Å². The lowest BCUT2D eigenvalue weighted by molar-refractivity contribution is -0.252. The molecule has 5 aromatic rings. The highest BCUT2D eigenvalue weighted by atomic mass is 16.7. The van der Waals surface area contributed by atoms with Crippen LogP contribution in [0.15, 0.2) is 115 Å². The van der Waals surface area contributed by atoms with Crippen LogP contribution in [0.1, 0.15) is 79.6 Å². The summed E-state index contributed by atoms with van der Waals surface area (Å²) in [6, 6.07) is 25.7. The molecule has 5 aromatic carbocycles. The van der Waals surface area contributed by atoms with Crippen LogP contribution < -0.4 is 32.3 Å². The van der Waals surface area contributed by atoms with Gasteiger partial charge in [-0.2, -0.15) is 0 Å². The Labute approximate surface area is 607 Å². The van der Waals surface area contributed by atoms with Crippen LogP contribution in [0.3, 0.4) is 0 Å². The predicted octanol–water partition coefficient (Wildman–Crippen LogP) is -7.79. The number of ether oxygens (including phenoxy) is 5. The number of aryl methyl sites for hydroxylation is 5. The van der Waals surface area contributed by atoms with Crippen LogP contribution in [0, 0.1) is 34.6 Å². The van der Waals surface area contributed by atoms with Gasteiger partial charge in [0.25, 0.3) is 29.5 Å². The third-order valence-corrected chi connectivity index (χ3v) is 17.8. The summed E-state index contributed by atoms with van der Waals surface area (Å²) in [5.41, 5.74) is 12.7. The molecular formula is C70H96N6O30. The van der Waals surface area contributed by atoms with Gasteiger partial charge in [0, 0.05) is 33.5 Å². The van der Waals surface area contributed by atoms with Crippen LogP contribution in [-0.4, -0.2) is 318 Å². The summed E-state index contributed by atoms with van der Waals surface area (Å²) < 4.78 is 24.8. The Kier molecular flexibility index (Phi) is 33.3. The molecule has 25 atom stereocenters. The van der Waals surface area contributed by atoms with E-state index in [9.17, 15) is 101 Å². The summed E-state index contributed by atoms with van der Waals surface area (Å²) in [5, 5.41) is 204. The summed E-state index contributed by atoms with van der Waals surface area (Å²) >= 11 is 0. The summed E-state index contributed by atoms with van der Waals surface area (Å²) in [7, 11) is 0. The average Bonchev–Trinajstić information content (AvgIpc) is 0.830. The van der Waals surface area contributed by atoms with Gasteiger partial charge in [0.05, 0.1) is 33.0 Å². The van der Waals surface area contributed by atoms with E-state index in [0.29, 0.717) is 27.9 Å². The fraction of sp³-hybridized carbons (Fsp3) is 0.500. The highest BCUT2D eigenvalue weighted by molar-refractivity contribution is 5.97. The van der Waals surface area contributed by atoms with E-state index in [1.807, 2.05) is 27.7 Å². The molecule has 5 fully saturated rings.